The number of fused-ring (bicyclic) bond motifs is 1. The SMILES string of the molecule is C1=CC(N(c2ccc(-c3ccc(N(c4ccccc4)c4cccc5c4C=CCC5)cc3)cc2)C2CC=CC3=C2C=CCC3)=CCC1. The summed E-state index contributed by atoms with van der Waals surface area (Å²) in [6.07, 6.45) is 28.8. The van der Waals surface area contributed by atoms with Crippen LogP contribution in [-0.2, 0) is 6.42 Å². The van der Waals surface area contributed by atoms with Crippen molar-refractivity contribution in [2.45, 2.75) is 51.0 Å². The Morgan fingerprint density at radius 1 is 0.522 bits per heavy atom. The van der Waals surface area contributed by atoms with Crippen molar-refractivity contribution in [2.24, 2.45) is 0 Å². The highest BCUT2D eigenvalue weighted by Gasteiger charge is 2.28. The summed E-state index contributed by atoms with van der Waals surface area (Å²) in [5.41, 5.74) is 14.3. The summed E-state index contributed by atoms with van der Waals surface area (Å²) in [6, 6.07) is 36.1. The first-order chi connectivity index (χ1) is 22.8. The Bertz CT molecular complexity index is 1900. The maximum Gasteiger partial charge on any atom is 0.0628 e. The maximum atomic E-state index is 2.57. The topological polar surface area (TPSA) is 6.48 Å². The van der Waals surface area contributed by atoms with Crippen molar-refractivity contribution in [3.63, 3.8) is 0 Å². The van der Waals surface area contributed by atoms with Gasteiger partial charge in [-0.1, -0.05) is 103 Å². The summed E-state index contributed by atoms with van der Waals surface area (Å²) < 4.78 is 0. The fourth-order valence-corrected chi connectivity index (χ4v) is 7.47. The molecule has 0 saturated heterocycles. The Labute approximate surface area is 273 Å². The van der Waals surface area contributed by atoms with Crippen molar-refractivity contribution in [3.8, 4) is 11.1 Å². The quantitative estimate of drug-likeness (QED) is 0.209. The number of anilines is 4. The van der Waals surface area contributed by atoms with Crippen LogP contribution in [0.5, 0.6) is 0 Å². The van der Waals surface area contributed by atoms with Gasteiger partial charge >= 0.3 is 0 Å². The fourth-order valence-electron chi connectivity index (χ4n) is 7.47. The Kier molecular flexibility index (Phi) is 7.86. The lowest BCUT2D eigenvalue weighted by molar-refractivity contribution is 0.709. The molecule has 0 amide bonds. The molecular weight excluding hydrogens is 556 g/mol. The molecule has 0 spiro atoms. The van der Waals surface area contributed by atoms with Crippen LogP contribution in [0.25, 0.3) is 17.2 Å². The molecule has 0 aromatic heterocycles. The molecule has 4 aromatic rings. The third-order valence-electron chi connectivity index (χ3n) is 9.75. The highest BCUT2D eigenvalue weighted by Crippen LogP contribution is 2.41. The van der Waals surface area contributed by atoms with Crippen LogP contribution < -0.4 is 9.80 Å². The summed E-state index contributed by atoms with van der Waals surface area (Å²) in [6.45, 7) is 0. The molecule has 0 aliphatic heterocycles. The summed E-state index contributed by atoms with van der Waals surface area (Å²) in [4.78, 5) is 4.97. The lowest BCUT2D eigenvalue weighted by Gasteiger charge is -2.38. The van der Waals surface area contributed by atoms with Crippen molar-refractivity contribution in [1.29, 1.82) is 0 Å². The van der Waals surface area contributed by atoms with E-state index in [1.165, 1.54) is 56.2 Å². The van der Waals surface area contributed by atoms with Gasteiger partial charge in [0.15, 0.2) is 0 Å². The molecule has 2 nitrogen and oxygen atoms in total. The van der Waals surface area contributed by atoms with E-state index in [2.05, 4.69) is 162 Å². The molecule has 0 radical (unpaired) electrons. The van der Waals surface area contributed by atoms with Gasteiger partial charge in [0.25, 0.3) is 0 Å². The van der Waals surface area contributed by atoms with Gasteiger partial charge in [-0.2, -0.15) is 0 Å². The second-order valence-electron chi connectivity index (χ2n) is 12.6. The zero-order valence-electron chi connectivity index (χ0n) is 26.4. The average molecular weight is 597 g/mol. The molecule has 4 aliphatic rings. The number of nitrogens with zero attached hydrogens (tertiary/aromatic N) is 2. The molecule has 226 valence electrons. The molecule has 4 aliphatic carbocycles. The van der Waals surface area contributed by atoms with Gasteiger partial charge in [-0.05, 0) is 121 Å². The molecule has 0 saturated carbocycles. The number of benzene rings is 4. The van der Waals surface area contributed by atoms with E-state index in [0.717, 1.165) is 50.6 Å². The Morgan fingerprint density at radius 3 is 2.02 bits per heavy atom. The van der Waals surface area contributed by atoms with Gasteiger partial charge in [0.05, 0.1) is 11.7 Å². The molecule has 2 heteroatoms. The minimum absolute atomic E-state index is 0.318. The van der Waals surface area contributed by atoms with E-state index in [1.807, 2.05) is 0 Å². The number of hydrogen-bond acceptors (Lipinski definition) is 2. The van der Waals surface area contributed by atoms with E-state index in [9.17, 15) is 0 Å². The van der Waals surface area contributed by atoms with Crippen LogP contribution in [0.4, 0.5) is 22.7 Å². The molecule has 0 heterocycles. The molecule has 4 aromatic carbocycles. The predicted molar refractivity (Wildman–Crippen MR) is 196 cm³/mol. The van der Waals surface area contributed by atoms with Crippen molar-refractivity contribution in [2.75, 3.05) is 9.80 Å². The van der Waals surface area contributed by atoms with Gasteiger partial charge in [-0.3, -0.25) is 0 Å². The summed E-state index contributed by atoms with van der Waals surface area (Å²) >= 11 is 0. The van der Waals surface area contributed by atoms with Crippen LogP contribution in [0, 0.1) is 0 Å². The van der Waals surface area contributed by atoms with Crippen LogP contribution >= 0.6 is 0 Å². The average Bonchev–Trinajstić information content (AvgIpc) is 3.14. The zero-order valence-corrected chi connectivity index (χ0v) is 26.4. The van der Waals surface area contributed by atoms with Gasteiger partial charge in [0, 0.05) is 28.3 Å². The molecule has 1 unspecified atom stereocenters. The second kappa shape index (κ2) is 12.7. The number of rotatable bonds is 7. The van der Waals surface area contributed by atoms with Crippen LogP contribution in [0.1, 0.15) is 49.7 Å². The van der Waals surface area contributed by atoms with Crippen LogP contribution in [0.2, 0.25) is 0 Å². The lowest BCUT2D eigenvalue weighted by atomic mass is 9.85. The first kappa shape index (κ1) is 28.4. The first-order valence-corrected chi connectivity index (χ1v) is 16.9. The first-order valence-electron chi connectivity index (χ1n) is 16.9. The Balaban J connectivity index is 1.12. The van der Waals surface area contributed by atoms with Crippen LogP contribution in [0.15, 0.2) is 163 Å². The Hall–Kier alpha value is -5.08. The van der Waals surface area contributed by atoms with Crippen LogP contribution in [0.3, 0.4) is 0 Å². The minimum atomic E-state index is 0.318. The van der Waals surface area contributed by atoms with Gasteiger partial charge in [0.2, 0.25) is 0 Å². The highest BCUT2D eigenvalue weighted by atomic mass is 15.2. The van der Waals surface area contributed by atoms with Gasteiger partial charge < -0.3 is 9.80 Å². The predicted octanol–water partition coefficient (Wildman–Crippen LogP) is 11.8. The molecule has 0 N–H and O–H groups in total. The second-order valence-corrected chi connectivity index (χ2v) is 12.6. The third-order valence-corrected chi connectivity index (χ3v) is 9.75. The van der Waals surface area contributed by atoms with Crippen LogP contribution in [-0.4, -0.2) is 6.04 Å². The van der Waals surface area contributed by atoms with E-state index in [4.69, 9.17) is 0 Å². The fraction of sp³-hybridized carbons (Fsp3) is 0.182. The van der Waals surface area contributed by atoms with Crippen molar-refractivity contribution < 1.29 is 0 Å². The molecule has 8 rings (SSSR count). The molecule has 0 fully saturated rings. The van der Waals surface area contributed by atoms with E-state index >= 15 is 0 Å². The van der Waals surface area contributed by atoms with Crippen molar-refractivity contribution >= 4 is 28.8 Å². The van der Waals surface area contributed by atoms with Crippen molar-refractivity contribution in [3.05, 3.63) is 174 Å². The van der Waals surface area contributed by atoms with E-state index < -0.39 is 0 Å². The molecule has 1 atom stereocenters. The van der Waals surface area contributed by atoms with Gasteiger partial charge in [-0.25, -0.2) is 0 Å². The molecule has 46 heavy (non-hydrogen) atoms. The summed E-state index contributed by atoms with van der Waals surface area (Å²) in [5.74, 6) is 0. The minimum Gasteiger partial charge on any atom is -0.334 e. The third kappa shape index (κ3) is 5.49. The molecule has 0 bridgehead atoms. The Morgan fingerprint density at radius 2 is 1.24 bits per heavy atom. The highest BCUT2D eigenvalue weighted by molar-refractivity contribution is 5.85. The number of aryl methyl sites for hydroxylation is 1. The maximum absolute atomic E-state index is 2.57. The standard InChI is InChI=1S/C44H40N2/c1-3-17-37(18-4-1)45(43-23-11-15-35-13-7-9-21-41(35)43)39-29-25-33(26-30-39)34-27-31-40(32-28-34)46(38-19-5-2-6-20-38)44-24-12-16-36-14-8-10-22-42(36)44/h1,3-5,9-12,15-23,25-32,44H,2,6-8,13-14,24H2. The number of hydrogen-bond donors (Lipinski definition) is 0. The largest absolute Gasteiger partial charge is 0.334 e. The lowest BCUT2D eigenvalue weighted by Crippen LogP contribution is -2.37. The van der Waals surface area contributed by atoms with Crippen molar-refractivity contribution in [1.82, 2.24) is 0 Å². The summed E-state index contributed by atoms with van der Waals surface area (Å²) in [7, 11) is 0. The normalized spacial score (nSPS) is 18.2. The monoisotopic (exact) mass is 596 g/mol. The van der Waals surface area contributed by atoms with Gasteiger partial charge in [-0.15, -0.1) is 0 Å². The molecular formula is C44H40N2. The number of para-hydroxylation sites is 1. The summed E-state index contributed by atoms with van der Waals surface area (Å²) in [5, 5.41) is 0. The van der Waals surface area contributed by atoms with E-state index in [0.29, 0.717) is 6.04 Å². The zero-order chi connectivity index (χ0) is 30.7. The smallest absolute Gasteiger partial charge is 0.0628 e. The number of allylic oxidation sites excluding steroid dienone is 7. The van der Waals surface area contributed by atoms with E-state index in [-0.39, 0.29) is 0 Å². The van der Waals surface area contributed by atoms with E-state index in [1.54, 1.807) is 0 Å². The van der Waals surface area contributed by atoms with Gasteiger partial charge in [0.1, 0.15) is 0 Å².